The molecule has 8 heteroatoms. The van der Waals surface area contributed by atoms with Crippen LogP contribution in [0.25, 0.3) is 21.9 Å². The number of furan rings is 1. The Balaban J connectivity index is 1.55. The molecule has 1 aliphatic heterocycles. The molecule has 0 saturated carbocycles. The third-order valence-electron chi connectivity index (χ3n) is 6.00. The van der Waals surface area contributed by atoms with Crippen molar-refractivity contribution in [1.29, 1.82) is 0 Å². The maximum absolute atomic E-state index is 12.6. The summed E-state index contributed by atoms with van der Waals surface area (Å²) in [4.78, 5) is 29.7. The van der Waals surface area contributed by atoms with Crippen molar-refractivity contribution in [3.63, 3.8) is 0 Å². The smallest absolute Gasteiger partial charge is 0.323 e. The zero-order valence-electron chi connectivity index (χ0n) is 19.6. The van der Waals surface area contributed by atoms with Crippen LogP contribution in [0.2, 0.25) is 0 Å². The van der Waals surface area contributed by atoms with Gasteiger partial charge in [-0.15, -0.1) is 0 Å². The van der Waals surface area contributed by atoms with Crippen LogP contribution in [0.3, 0.4) is 0 Å². The van der Waals surface area contributed by atoms with E-state index in [1.54, 1.807) is 0 Å². The van der Waals surface area contributed by atoms with Crippen LogP contribution in [0.15, 0.2) is 45.7 Å². The lowest BCUT2D eigenvalue weighted by Crippen LogP contribution is -2.50. The zero-order chi connectivity index (χ0) is 23.5. The van der Waals surface area contributed by atoms with Crippen molar-refractivity contribution in [2.45, 2.75) is 38.1 Å². The predicted molar refractivity (Wildman–Crippen MR) is 132 cm³/mol. The number of carbonyl (C=O) groups is 2. The first-order valence-electron chi connectivity index (χ1n) is 11.4. The van der Waals surface area contributed by atoms with Crippen molar-refractivity contribution >= 4 is 51.5 Å². The fourth-order valence-corrected chi connectivity index (χ4v) is 4.97. The summed E-state index contributed by atoms with van der Waals surface area (Å²) in [5.41, 5.74) is 2.42. The number of nitrogens with zero attached hydrogens (tertiary/aromatic N) is 2. The fourth-order valence-electron chi connectivity index (χ4n) is 4.19. The molecule has 1 unspecified atom stereocenters. The second kappa shape index (κ2) is 10.2. The van der Waals surface area contributed by atoms with E-state index in [4.69, 9.17) is 9.15 Å². The van der Waals surface area contributed by atoms with E-state index in [1.807, 2.05) is 35.2 Å². The van der Waals surface area contributed by atoms with Crippen LogP contribution in [0.1, 0.15) is 27.2 Å². The van der Waals surface area contributed by atoms with Gasteiger partial charge in [0.25, 0.3) is 0 Å². The molecule has 1 N–H and O–H groups in total. The number of benzene rings is 2. The number of amides is 1. The minimum Gasteiger partial charge on any atom is -0.468 e. The SMILES string of the molecule is CCN1CCN(c2ccc3c(c2)oc2ccc(SNC(CC(C)C)C(=O)OC)cc23)C(=O)C1. The van der Waals surface area contributed by atoms with E-state index in [-0.39, 0.29) is 17.9 Å². The predicted octanol–water partition coefficient (Wildman–Crippen LogP) is 4.44. The van der Waals surface area contributed by atoms with Gasteiger partial charge in [-0.2, -0.15) is 0 Å². The number of nitrogens with one attached hydrogen (secondary N) is 1. The highest BCUT2D eigenvalue weighted by molar-refractivity contribution is 7.97. The van der Waals surface area contributed by atoms with Crippen molar-refractivity contribution in [1.82, 2.24) is 9.62 Å². The first-order chi connectivity index (χ1) is 15.9. The largest absolute Gasteiger partial charge is 0.468 e. The molecule has 1 saturated heterocycles. The summed E-state index contributed by atoms with van der Waals surface area (Å²) in [6.07, 6.45) is 0.699. The van der Waals surface area contributed by atoms with Crippen molar-refractivity contribution < 1.29 is 18.7 Å². The van der Waals surface area contributed by atoms with Crippen LogP contribution in [0, 0.1) is 5.92 Å². The van der Waals surface area contributed by atoms with Gasteiger partial charge in [0.15, 0.2) is 0 Å². The number of fused-ring (bicyclic) bond motifs is 3. The summed E-state index contributed by atoms with van der Waals surface area (Å²) in [6, 6.07) is 11.6. The van der Waals surface area contributed by atoms with Crippen LogP contribution in [0.5, 0.6) is 0 Å². The molecule has 2 aromatic carbocycles. The number of methoxy groups -OCH3 is 1. The van der Waals surface area contributed by atoms with E-state index in [1.165, 1.54) is 19.1 Å². The number of ether oxygens (including phenoxy) is 1. The molecular formula is C25H31N3O4S. The molecule has 4 rings (SSSR count). The van der Waals surface area contributed by atoms with Gasteiger partial charge in [0.2, 0.25) is 5.91 Å². The molecule has 1 aliphatic rings. The average molecular weight is 470 g/mol. The molecule has 7 nitrogen and oxygen atoms in total. The Bertz CT molecular complexity index is 1160. The van der Waals surface area contributed by atoms with Crippen molar-refractivity contribution in [2.24, 2.45) is 5.92 Å². The van der Waals surface area contributed by atoms with E-state index < -0.39 is 0 Å². The van der Waals surface area contributed by atoms with Gasteiger partial charge in [0.1, 0.15) is 17.2 Å². The number of hydrogen-bond acceptors (Lipinski definition) is 7. The Labute approximate surface area is 198 Å². The van der Waals surface area contributed by atoms with Crippen LogP contribution in [0.4, 0.5) is 5.69 Å². The highest BCUT2D eigenvalue weighted by Gasteiger charge is 2.25. The zero-order valence-corrected chi connectivity index (χ0v) is 20.4. The van der Waals surface area contributed by atoms with Crippen LogP contribution in [-0.2, 0) is 14.3 Å². The van der Waals surface area contributed by atoms with E-state index in [2.05, 4.69) is 36.5 Å². The maximum atomic E-state index is 12.6. The van der Waals surface area contributed by atoms with Crippen molar-refractivity contribution in [3.8, 4) is 0 Å². The molecule has 1 atom stereocenters. The Morgan fingerprint density at radius 2 is 1.97 bits per heavy atom. The van der Waals surface area contributed by atoms with Crippen molar-refractivity contribution in [3.05, 3.63) is 36.4 Å². The summed E-state index contributed by atoms with van der Waals surface area (Å²) >= 11 is 1.42. The molecule has 0 bridgehead atoms. The average Bonchev–Trinajstić information content (AvgIpc) is 3.17. The molecule has 0 spiro atoms. The maximum Gasteiger partial charge on any atom is 0.323 e. The normalized spacial score (nSPS) is 16.2. The van der Waals surface area contributed by atoms with Gasteiger partial charge < -0.3 is 14.1 Å². The van der Waals surface area contributed by atoms with Crippen LogP contribution in [-0.4, -0.2) is 56.1 Å². The number of anilines is 1. The van der Waals surface area contributed by atoms with Gasteiger partial charge in [-0.3, -0.25) is 14.5 Å². The van der Waals surface area contributed by atoms with Gasteiger partial charge in [-0.05, 0) is 61.2 Å². The van der Waals surface area contributed by atoms with E-state index in [9.17, 15) is 9.59 Å². The van der Waals surface area contributed by atoms with Gasteiger partial charge >= 0.3 is 5.97 Å². The highest BCUT2D eigenvalue weighted by Crippen LogP contribution is 2.34. The summed E-state index contributed by atoms with van der Waals surface area (Å²) < 4.78 is 14.3. The van der Waals surface area contributed by atoms with Gasteiger partial charge in [0, 0.05) is 40.5 Å². The van der Waals surface area contributed by atoms with Crippen LogP contribution >= 0.6 is 11.9 Å². The quantitative estimate of drug-likeness (QED) is 0.386. The molecule has 2 heterocycles. The minimum atomic E-state index is -0.370. The second-order valence-corrected chi connectivity index (χ2v) is 9.69. The van der Waals surface area contributed by atoms with Gasteiger partial charge in [-0.1, -0.05) is 20.8 Å². The summed E-state index contributed by atoms with van der Waals surface area (Å²) in [5, 5.41) is 2.01. The Kier molecular flexibility index (Phi) is 7.26. The standard InChI is InChI=1S/C25H31N3O4S/c1-5-27-10-11-28(24(29)15-27)17-6-8-19-20-14-18(7-9-22(20)32-23(19)13-17)33-26-21(12-16(2)3)25(30)31-4/h6-9,13-14,16,21,26H,5,10-12,15H2,1-4H3. The lowest BCUT2D eigenvalue weighted by atomic mass is 10.1. The van der Waals surface area contributed by atoms with Gasteiger partial charge in [0.05, 0.1) is 13.7 Å². The Hall–Kier alpha value is -2.55. The highest BCUT2D eigenvalue weighted by atomic mass is 32.2. The second-order valence-electron chi connectivity index (χ2n) is 8.78. The lowest BCUT2D eigenvalue weighted by molar-refractivity contribution is -0.142. The third kappa shape index (κ3) is 5.18. The van der Waals surface area contributed by atoms with Gasteiger partial charge in [-0.25, -0.2) is 4.72 Å². The molecule has 1 amide bonds. The molecule has 33 heavy (non-hydrogen) atoms. The molecule has 1 fully saturated rings. The van der Waals surface area contributed by atoms with E-state index in [0.717, 1.165) is 45.6 Å². The number of rotatable bonds is 8. The molecule has 3 aromatic rings. The monoisotopic (exact) mass is 469 g/mol. The number of likely N-dealkylation sites (N-methyl/N-ethyl adjacent to an activating group) is 1. The number of hydrogen-bond donors (Lipinski definition) is 1. The molecule has 1 aromatic heterocycles. The molecule has 0 aliphatic carbocycles. The fraction of sp³-hybridized carbons (Fsp3) is 0.440. The molecular weight excluding hydrogens is 438 g/mol. The number of carbonyl (C=O) groups excluding carboxylic acids is 2. The van der Waals surface area contributed by atoms with Crippen molar-refractivity contribution in [2.75, 3.05) is 38.2 Å². The Morgan fingerprint density at radius 3 is 2.67 bits per heavy atom. The van der Waals surface area contributed by atoms with Crippen LogP contribution < -0.4 is 9.62 Å². The van der Waals surface area contributed by atoms with E-state index in [0.29, 0.717) is 25.4 Å². The first-order valence-corrected chi connectivity index (χ1v) is 12.2. The Morgan fingerprint density at radius 1 is 1.15 bits per heavy atom. The molecule has 0 radical (unpaired) electrons. The number of esters is 1. The number of piperazine rings is 1. The summed E-state index contributed by atoms with van der Waals surface area (Å²) in [6.45, 7) is 9.13. The first kappa shape index (κ1) is 23.6. The van der Waals surface area contributed by atoms with E-state index >= 15 is 0 Å². The summed E-state index contributed by atoms with van der Waals surface area (Å²) in [5.74, 6) is 0.228. The topological polar surface area (TPSA) is 75.0 Å². The third-order valence-corrected chi connectivity index (χ3v) is 6.89. The molecule has 176 valence electrons. The lowest BCUT2D eigenvalue weighted by Gasteiger charge is -2.33. The minimum absolute atomic E-state index is 0.116. The summed E-state index contributed by atoms with van der Waals surface area (Å²) in [7, 11) is 1.41.